The third-order valence-corrected chi connectivity index (χ3v) is 3.62. The number of amides is 2. The first-order valence-electron chi connectivity index (χ1n) is 6.53. The monoisotopic (exact) mass is 239 g/mol. The highest BCUT2D eigenvalue weighted by Crippen LogP contribution is 2.22. The van der Waals surface area contributed by atoms with Crippen LogP contribution in [-0.4, -0.2) is 37.5 Å². The first-order chi connectivity index (χ1) is 8.25. The van der Waals surface area contributed by atoms with Gasteiger partial charge in [-0.2, -0.15) is 0 Å². The summed E-state index contributed by atoms with van der Waals surface area (Å²) in [5, 5.41) is 8.61. The van der Waals surface area contributed by atoms with Crippen LogP contribution in [0.4, 0.5) is 0 Å². The van der Waals surface area contributed by atoms with E-state index < -0.39 is 0 Å². The maximum Gasteiger partial charge on any atom is 0.238 e. The second kappa shape index (κ2) is 6.00. The van der Waals surface area contributed by atoms with E-state index in [0.29, 0.717) is 12.5 Å². The number of piperazine rings is 1. The van der Waals surface area contributed by atoms with Crippen molar-refractivity contribution in [3.05, 3.63) is 0 Å². The van der Waals surface area contributed by atoms with Crippen molar-refractivity contribution in [3.63, 3.8) is 0 Å². The molecule has 5 heteroatoms. The molecule has 17 heavy (non-hydrogen) atoms. The van der Waals surface area contributed by atoms with Gasteiger partial charge in [0, 0.05) is 13.1 Å². The van der Waals surface area contributed by atoms with Crippen LogP contribution in [0, 0.1) is 5.92 Å². The van der Waals surface area contributed by atoms with Crippen molar-refractivity contribution < 1.29 is 9.59 Å². The predicted molar refractivity (Wildman–Crippen MR) is 64.4 cm³/mol. The molecule has 0 aromatic carbocycles. The van der Waals surface area contributed by atoms with E-state index in [2.05, 4.69) is 16.0 Å². The van der Waals surface area contributed by atoms with E-state index in [-0.39, 0.29) is 24.4 Å². The van der Waals surface area contributed by atoms with Crippen molar-refractivity contribution in [1.29, 1.82) is 0 Å². The Morgan fingerprint density at radius 1 is 1.29 bits per heavy atom. The molecule has 1 heterocycles. The molecule has 2 amide bonds. The number of nitrogens with one attached hydrogen (secondary N) is 3. The number of hydrogen-bond acceptors (Lipinski definition) is 3. The molecule has 1 saturated carbocycles. The van der Waals surface area contributed by atoms with Crippen LogP contribution in [0.3, 0.4) is 0 Å². The Kier molecular flexibility index (Phi) is 4.36. The Morgan fingerprint density at radius 3 is 2.71 bits per heavy atom. The van der Waals surface area contributed by atoms with E-state index in [1.54, 1.807) is 0 Å². The maximum absolute atomic E-state index is 11.8. The molecular weight excluding hydrogens is 218 g/mol. The molecule has 2 fully saturated rings. The summed E-state index contributed by atoms with van der Waals surface area (Å²) in [5.41, 5.74) is 0. The molecule has 0 spiro atoms. The van der Waals surface area contributed by atoms with Crippen molar-refractivity contribution in [2.24, 2.45) is 5.92 Å². The van der Waals surface area contributed by atoms with Crippen LogP contribution in [0.5, 0.6) is 0 Å². The SMILES string of the molecule is O=C1CNC(C(=O)NCC2CCCCC2)CN1. The molecule has 2 aliphatic rings. The molecule has 96 valence electrons. The lowest BCUT2D eigenvalue weighted by molar-refractivity contribution is -0.126. The average Bonchev–Trinajstić information content (AvgIpc) is 2.38. The van der Waals surface area contributed by atoms with Crippen molar-refractivity contribution >= 4 is 11.8 Å². The number of carbonyl (C=O) groups excluding carboxylic acids is 2. The van der Waals surface area contributed by atoms with E-state index in [1.165, 1.54) is 32.1 Å². The second-order valence-electron chi connectivity index (χ2n) is 4.99. The van der Waals surface area contributed by atoms with Gasteiger partial charge >= 0.3 is 0 Å². The first-order valence-corrected chi connectivity index (χ1v) is 6.53. The van der Waals surface area contributed by atoms with Gasteiger partial charge in [-0.15, -0.1) is 0 Å². The van der Waals surface area contributed by atoms with Gasteiger partial charge in [-0.25, -0.2) is 0 Å². The highest BCUT2D eigenvalue weighted by atomic mass is 16.2. The molecule has 1 unspecified atom stereocenters. The van der Waals surface area contributed by atoms with Crippen LogP contribution in [0.15, 0.2) is 0 Å². The molecule has 3 N–H and O–H groups in total. The van der Waals surface area contributed by atoms with Crippen LogP contribution >= 0.6 is 0 Å². The molecule has 1 aliphatic heterocycles. The maximum atomic E-state index is 11.8. The topological polar surface area (TPSA) is 70.2 Å². The molecule has 1 saturated heterocycles. The fourth-order valence-corrected chi connectivity index (χ4v) is 2.51. The highest BCUT2D eigenvalue weighted by molar-refractivity contribution is 5.86. The summed E-state index contributed by atoms with van der Waals surface area (Å²) in [6.07, 6.45) is 6.38. The Labute approximate surface area is 102 Å². The smallest absolute Gasteiger partial charge is 0.238 e. The van der Waals surface area contributed by atoms with Crippen LogP contribution in [0.2, 0.25) is 0 Å². The number of hydrogen-bond donors (Lipinski definition) is 3. The lowest BCUT2D eigenvalue weighted by Gasteiger charge is -2.26. The molecule has 2 rings (SSSR count). The third kappa shape index (κ3) is 3.70. The summed E-state index contributed by atoms with van der Waals surface area (Å²) in [6.45, 7) is 1.42. The lowest BCUT2D eigenvalue weighted by Crippen LogP contribution is -2.58. The average molecular weight is 239 g/mol. The first kappa shape index (κ1) is 12.4. The molecular formula is C12H21N3O2. The molecule has 5 nitrogen and oxygen atoms in total. The highest BCUT2D eigenvalue weighted by Gasteiger charge is 2.24. The van der Waals surface area contributed by atoms with Crippen LogP contribution in [0.25, 0.3) is 0 Å². The molecule has 0 radical (unpaired) electrons. The van der Waals surface area contributed by atoms with E-state index in [4.69, 9.17) is 0 Å². The normalized spacial score (nSPS) is 26.4. The zero-order chi connectivity index (χ0) is 12.1. The zero-order valence-corrected chi connectivity index (χ0v) is 10.1. The summed E-state index contributed by atoms with van der Waals surface area (Å²) in [6, 6.07) is -0.267. The van der Waals surface area contributed by atoms with E-state index in [9.17, 15) is 9.59 Å². The van der Waals surface area contributed by atoms with E-state index >= 15 is 0 Å². The molecule has 0 bridgehead atoms. The van der Waals surface area contributed by atoms with Crippen LogP contribution in [0.1, 0.15) is 32.1 Å². The van der Waals surface area contributed by atoms with Gasteiger partial charge in [-0.1, -0.05) is 19.3 Å². The van der Waals surface area contributed by atoms with Gasteiger partial charge in [0.1, 0.15) is 6.04 Å². The van der Waals surface area contributed by atoms with Gasteiger partial charge in [-0.05, 0) is 18.8 Å². The Morgan fingerprint density at radius 2 is 2.06 bits per heavy atom. The number of rotatable bonds is 3. The van der Waals surface area contributed by atoms with E-state index in [0.717, 1.165) is 6.54 Å². The minimum Gasteiger partial charge on any atom is -0.354 e. The van der Waals surface area contributed by atoms with Crippen molar-refractivity contribution in [2.75, 3.05) is 19.6 Å². The summed E-state index contributed by atoms with van der Waals surface area (Å²) in [4.78, 5) is 22.8. The van der Waals surface area contributed by atoms with Gasteiger partial charge in [0.25, 0.3) is 0 Å². The van der Waals surface area contributed by atoms with Gasteiger partial charge < -0.3 is 10.6 Å². The standard InChI is InChI=1S/C12H21N3O2/c16-11-8-13-10(7-14-11)12(17)15-6-9-4-2-1-3-5-9/h9-10,13H,1-8H2,(H,14,16)(H,15,17). The molecule has 0 aromatic heterocycles. The van der Waals surface area contributed by atoms with Gasteiger partial charge in [0.05, 0.1) is 6.54 Å². The summed E-state index contributed by atoms with van der Waals surface area (Å²) >= 11 is 0. The fourth-order valence-electron chi connectivity index (χ4n) is 2.51. The minimum absolute atomic E-state index is 0.00979. The van der Waals surface area contributed by atoms with E-state index in [1.807, 2.05) is 0 Å². The van der Waals surface area contributed by atoms with Crippen molar-refractivity contribution in [3.8, 4) is 0 Å². The van der Waals surface area contributed by atoms with Gasteiger partial charge in [0.2, 0.25) is 11.8 Å². The third-order valence-electron chi connectivity index (χ3n) is 3.62. The fraction of sp³-hybridized carbons (Fsp3) is 0.833. The number of carbonyl (C=O) groups is 2. The van der Waals surface area contributed by atoms with Crippen LogP contribution < -0.4 is 16.0 Å². The van der Waals surface area contributed by atoms with Gasteiger partial charge in [-0.3, -0.25) is 14.9 Å². The van der Waals surface area contributed by atoms with Crippen LogP contribution in [-0.2, 0) is 9.59 Å². The quantitative estimate of drug-likeness (QED) is 0.637. The summed E-state index contributed by atoms with van der Waals surface area (Å²) in [5.74, 6) is 0.614. The second-order valence-corrected chi connectivity index (χ2v) is 4.99. The minimum atomic E-state index is -0.267. The molecule has 1 atom stereocenters. The summed E-state index contributed by atoms with van der Waals surface area (Å²) in [7, 11) is 0. The Hall–Kier alpha value is -1.10. The predicted octanol–water partition coefficient (Wildman–Crippen LogP) is -0.229. The summed E-state index contributed by atoms with van der Waals surface area (Å²) < 4.78 is 0. The Balaban J connectivity index is 1.67. The Bertz CT molecular complexity index is 277. The molecule has 0 aromatic rings. The van der Waals surface area contributed by atoms with Crippen molar-refractivity contribution in [1.82, 2.24) is 16.0 Å². The molecule has 1 aliphatic carbocycles. The zero-order valence-electron chi connectivity index (χ0n) is 10.1. The largest absolute Gasteiger partial charge is 0.354 e. The van der Waals surface area contributed by atoms with Gasteiger partial charge in [0.15, 0.2) is 0 Å². The van der Waals surface area contributed by atoms with Crippen molar-refractivity contribution in [2.45, 2.75) is 38.1 Å². The lowest BCUT2D eigenvalue weighted by atomic mass is 9.89.